The first-order valence-corrected chi connectivity index (χ1v) is 9.57. The molecule has 0 aliphatic heterocycles. The van der Waals surface area contributed by atoms with E-state index in [9.17, 15) is 23.3 Å². The molecular formula is C17H19N3O6S. The van der Waals surface area contributed by atoms with Crippen LogP contribution in [0.3, 0.4) is 0 Å². The molecule has 2 aromatic rings. The third-order valence-electron chi connectivity index (χ3n) is 3.50. The lowest BCUT2D eigenvalue weighted by Gasteiger charge is -2.09. The molecule has 144 valence electrons. The van der Waals surface area contributed by atoms with E-state index in [0.29, 0.717) is 5.69 Å². The molecule has 0 unspecified atom stereocenters. The Labute approximate surface area is 156 Å². The lowest BCUT2D eigenvalue weighted by molar-refractivity contribution is -0.384. The van der Waals surface area contributed by atoms with Crippen molar-refractivity contribution in [3.05, 3.63) is 64.2 Å². The van der Waals surface area contributed by atoms with Gasteiger partial charge in [0.25, 0.3) is 5.69 Å². The number of ether oxygens (including phenoxy) is 1. The first-order chi connectivity index (χ1) is 12.8. The minimum atomic E-state index is -3.72. The molecule has 0 saturated heterocycles. The second-order valence-corrected chi connectivity index (χ2v) is 7.14. The van der Waals surface area contributed by atoms with Crippen LogP contribution in [0.5, 0.6) is 0 Å². The van der Waals surface area contributed by atoms with Gasteiger partial charge in [-0.05, 0) is 43.3 Å². The molecule has 0 saturated carbocycles. The van der Waals surface area contributed by atoms with Crippen molar-refractivity contribution >= 4 is 27.4 Å². The second-order valence-electron chi connectivity index (χ2n) is 5.37. The van der Waals surface area contributed by atoms with Gasteiger partial charge in [-0.1, -0.05) is 0 Å². The van der Waals surface area contributed by atoms with E-state index in [2.05, 4.69) is 10.0 Å². The Bertz CT molecular complexity index is 895. The average Bonchev–Trinajstić information content (AvgIpc) is 2.66. The Balaban J connectivity index is 1.87. The maximum absolute atomic E-state index is 12.2. The SMILES string of the molecule is CCOC(=O)c1ccc(S(=O)(=O)NCCNc2ccc([N+](=O)[O-])cc2)cc1. The number of nitro benzene ring substituents is 1. The highest BCUT2D eigenvalue weighted by Crippen LogP contribution is 2.15. The normalized spacial score (nSPS) is 11.0. The Hall–Kier alpha value is -2.98. The van der Waals surface area contributed by atoms with E-state index in [1.165, 1.54) is 36.4 Å². The second kappa shape index (κ2) is 9.10. The summed E-state index contributed by atoms with van der Waals surface area (Å²) in [4.78, 5) is 21.7. The van der Waals surface area contributed by atoms with Crippen LogP contribution in [0, 0.1) is 10.1 Å². The number of sulfonamides is 1. The van der Waals surface area contributed by atoms with Gasteiger partial charge in [-0.3, -0.25) is 10.1 Å². The van der Waals surface area contributed by atoms with Gasteiger partial charge in [0.15, 0.2) is 0 Å². The number of rotatable bonds is 9. The van der Waals surface area contributed by atoms with Crippen molar-refractivity contribution in [1.82, 2.24) is 4.72 Å². The van der Waals surface area contributed by atoms with Crippen molar-refractivity contribution in [3.8, 4) is 0 Å². The molecule has 2 rings (SSSR count). The average molecular weight is 393 g/mol. The lowest BCUT2D eigenvalue weighted by Crippen LogP contribution is -2.29. The zero-order valence-electron chi connectivity index (χ0n) is 14.5. The third-order valence-corrected chi connectivity index (χ3v) is 4.98. The van der Waals surface area contributed by atoms with Crippen molar-refractivity contribution in [2.24, 2.45) is 0 Å². The van der Waals surface area contributed by atoms with Gasteiger partial charge in [0.1, 0.15) is 0 Å². The zero-order valence-corrected chi connectivity index (χ0v) is 15.4. The third kappa shape index (κ3) is 5.76. The molecule has 10 heteroatoms. The van der Waals surface area contributed by atoms with Crippen molar-refractivity contribution < 1.29 is 22.9 Å². The minimum Gasteiger partial charge on any atom is -0.462 e. The molecule has 0 fully saturated rings. The molecule has 0 amide bonds. The van der Waals surface area contributed by atoms with Crippen molar-refractivity contribution in [1.29, 1.82) is 0 Å². The van der Waals surface area contributed by atoms with Crippen LogP contribution in [0.1, 0.15) is 17.3 Å². The summed E-state index contributed by atoms with van der Waals surface area (Å²) in [5.41, 5.74) is 0.891. The number of nitrogens with zero attached hydrogens (tertiary/aromatic N) is 1. The van der Waals surface area contributed by atoms with Gasteiger partial charge >= 0.3 is 5.97 Å². The van der Waals surface area contributed by atoms with Gasteiger partial charge in [-0.15, -0.1) is 0 Å². The quantitative estimate of drug-likeness (QED) is 0.289. The summed E-state index contributed by atoms with van der Waals surface area (Å²) in [7, 11) is -3.72. The highest BCUT2D eigenvalue weighted by Gasteiger charge is 2.14. The van der Waals surface area contributed by atoms with Crippen LogP contribution in [0.4, 0.5) is 11.4 Å². The molecule has 27 heavy (non-hydrogen) atoms. The molecule has 0 aliphatic rings. The van der Waals surface area contributed by atoms with Gasteiger partial charge in [0.2, 0.25) is 10.0 Å². The predicted molar refractivity (Wildman–Crippen MR) is 99.2 cm³/mol. The van der Waals surface area contributed by atoms with E-state index in [0.717, 1.165) is 0 Å². The van der Waals surface area contributed by atoms with Gasteiger partial charge in [0.05, 0.1) is 22.0 Å². The lowest BCUT2D eigenvalue weighted by atomic mass is 10.2. The fraction of sp³-hybridized carbons (Fsp3) is 0.235. The number of hydrogen-bond donors (Lipinski definition) is 2. The smallest absolute Gasteiger partial charge is 0.338 e. The maximum Gasteiger partial charge on any atom is 0.338 e. The summed E-state index contributed by atoms with van der Waals surface area (Å²) in [6, 6.07) is 11.2. The molecule has 0 radical (unpaired) electrons. The van der Waals surface area contributed by atoms with Crippen LogP contribution >= 0.6 is 0 Å². The number of carbonyl (C=O) groups is 1. The number of benzene rings is 2. The fourth-order valence-corrected chi connectivity index (χ4v) is 3.19. The number of anilines is 1. The molecule has 9 nitrogen and oxygen atoms in total. The summed E-state index contributed by atoms with van der Waals surface area (Å²) >= 11 is 0. The number of nitro groups is 1. The Morgan fingerprint density at radius 3 is 2.26 bits per heavy atom. The topological polar surface area (TPSA) is 128 Å². The van der Waals surface area contributed by atoms with Gasteiger partial charge in [-0.2, -0.15) is 0 Å². The first kappa shape index (κ1) is 20.3. The van der Waals surface area contributed by atoms with Crippen LogP contribution in [0.2, 0.25) is 0 Å². The van der Waals surface area contributed by atoms with Crippen molar-refractivity contribution in [2.75, 3.05) is 25.0 Å². The predicted octanol–water partition coefficient (Wildman–Crippen LogP) is 2.16. The molecule has 0 aromatic heterocycles. The molecular weight excluding hydrogens is 374 g/mol. The largest absolute Gasteiger partial charge is 0.462 e. The minimum absolute atomic E-state index is 0.0208. The molecule has 2 aromatic carbocycles. The molecule has 0 atom stereocenters. The number of hydrogen-bond acceptors (Lipinski definition) is 7. The summed E-state index contributed by atoms with van der Waals surface area (Å²) in [6.45, 7) is 2.32. The van der Waals surface area contributed by atoms with Crippen LogP contribution in [-0.2, 0) is 14.8 Å². The van der Waals surface area contributed by atoms with E-state index in [4.69, 9.17) is 4.74 Å². The molecule has 0 heterocycles. The van der Waals surface area contributed by atoms with Crippen LogP contribution in [0.15, 0.2) is 53.4 Å². The summed E-state index contributed by atoms with van der Waals surface area (Å²) in [5, 5.41) is 13.6. The Morgan fingerprint density at radius 2 is 1.70 bits per heavy atom. The standard InChI is InChI=1S/C17H19N3O6S/c1-2-26-17(21)13-3-9-16(10-4-13)27(24,25)19-12-11-18-14-5-7-15(8-6-14)20(22)23/h3-10,18-19H,2,11-12H2,1H3. The van der Waals surface area contributed by atoms with Crippen LogP contribution < -0.4 is 10.0 Å². The van der Waals surface area contributed by atoms with Crippen molar-refractivity contribution in [3.63, 3.8) is 0 Å². The highest BCUT2D eigenvalue weighted by molar-refractivity contribution is 7.89. The van der Waals surface area contributed by atoms with Crippen molar-refractivity contribution in [2.45, 2.75) is 11.8 Å². The summed E-state index contributed by atoms with van der Waals surface area (Å²) in [5.74, 6) is -0.512. The van der Waals surface area contributed by atoms with E-state index >= 15 is 0 Å². The van der Waals surface area contributed by atoms with Gasteiger partial charge in [-0.25, -0.2) is 17.9 Å². The number of carbonyl (C=O) groups excluding carboxylic acids is 1. The van der Waals surface area contributed by atoms with E-state index in [1.54, 1.807) is 19.1 Å². The first-order valence-electron chi connectivity index (χ1n) is 8.08. The summed E-state index contributed by atoms with van der Waals surface area (Å²) in [6.07, 6.45) is 0. The molecule has 2 N–H and O–H groups in total. The fourth-order valence-electron chi connectivity index (χ4n) is 2.16. The molecule has 0 aliphatic carbocycles. The molecule has 0 spiro atoms. The van der Waals surface area contributed by atoms with E-state index < -0.39 is 20.9 Å². The highest BCUT2D eigenvalue weighted by atomic mass is 32.2. The van der Waals surface area contributed by atoms with Gasteiger partial charge in [0, 0.05) is 30.9 Å². The Morgan fingerprint density at radius 1 is 1.07 bits per heavy atom. The number of nitrogens with one attached hydrogen (secondary N) is 2. The molecule has 0 bridgehead atoms. The summed E-state index contributed by atoms with van der Waals surface area (Å²) < 4.78 is 31.8. The van der Waals surface area contributed by atoms with Crippen LogP contribution in [-0.4, -0.2) is 39.0 Å². The van der Waals surface area contributed by atoms with Crippen LogP contribution in [0.25, 0.3) is 0 Å². The number of non-ortho nitro benzene ring substituents is 1. The monoisotopic (exact) mass is 393 g/mol. The maximum atomic E-state index is 12.2. The van der Waals surface area contributed by atoms with E-state index in [-0.39, 0.29) is 35.8 Å². The Kier molecular flexibility index (Phi) is 6.85. The van der Waals surface area contributed by atoms with Gasteiger partial charge < -0.3 is 10.1 Å². The number of esters is 1. The zero-order chi connectivity index (χ0) is 19.9. The van der Waals surface area contributed by atoms with E-state index in [1.807, 2.05) is 0 Å².